The van der Waals surface area contributed by atoms with Gasteiger partial charge in [-0.1, -0.05) is 50.2 Å². The van der Waals surface area contributed by atoms with E-state index in [9.17, 15) is 0 Å². The molecule has 224 valence electrons. The molecule has 42 heavy (non-hydrogen) atoms. The van der Waals surface area contributed by atoms with E-state index in [0.29, 0.717) is 33.7 Å². The van der Waals surface area contributed by atoms with Crippen molar-refractivity contribution >= 4 is 11.4 Å². The van der Waals surface area contributed by atoms with Gasteiger partial charge in [-0.05, 0) is 137 Å². The van der Waals surface area contributed by atoms with Crippen molar-refractivity contribution in [3.05, 3.63) is 59.7 Å². The van der Waals surface area contributed by atoms with Crippen LogP contribution in [0.4, 0.5) is 11.4 Å². The van der Waals surface area contributed by atoms with E-state index < -0.39 is 0 Å². The molecule has 2 aliphatic carbocycles. The summed E-state index contributed by atoms with van der Waals surface area (Å²) >= 11 is 0. The molecule has 6 aliphatic heterocycles. The van der Waals surface area contributed by atoms with Gasteiger partial charge in [0, 0.05) is 46.4 Å². The van der Waals surface area contributed by atoms with Crippen LogP contribution in [0.1, 0.15) is 102 Å². The molecule has 10 rings (SSSR count). The van der Waals surface area contributed by atoms with Crippen molar-refractivity contribution in [3.8, 4) is 0 Å². The smallest absolute Gasteiger partial charge is 0.0382 e. The number of hydrogen-bond acceptors (Lipinski definition) is 4. The van der Waals surface area contributed by atoms with E-state index in [2.05, 4.69) is 82.8 Å². The highest BCUT2D eigenvalue weighted by Crippen LogP contribution is 2.65. The second-order valence-corrected chi connectivity index (χ2v) is 15.7. The number of nitrogens with zero attached hydrogens (tertiary/aromatic N) is 2. The van der Waals surface area contributed by atoms with Crippen molar-refractivity contribution in [1.29, 1.82) is 0 Å². The normalized spacial score (nSPS) is 43.9. The van der Waals surface area contributed by atoms with Gasteiger partial charge in [0.2, 0.25) is 0 Å². The number of nitrogens with one attached hydrogen (secondary N) is 2. The molecule has 6 heterocycles. The van der Waals surface area contributed by atoms with Gasteiger partial charge in [0.05, 0.1) is 0 Å². The molecule has 4 heteroatoms. The van der Waals surface area contributed by atoms with E-state index in [1.54, 1.807) is 11.1 Å². The molecule has 4 saturated heterocycles. The Morgan fingerprint density at radius 2 is 1.05 bits per heavy atom. The molecule has 8 aliphatic rings. The summed E-state index contributed by atoms with van der Waals surface area (Å²) < 4.78 is 0. The van der Waals surface area contributed by atoms with E-state index >= 15 is 0 Å². The fourth-order valence-electron chi connectivity index (χ4n) is 13.2. The second kappa shape index (κ2) is 9.24. The average Bonchev–Trinajstić information content (AvgIpc) is 3.80. The third-order valence-corrected chi connectivity index (χ3v) is 14.8. The van der Waals surface area contributed by atoms with Gasteiger partial charge in [-0.25, -0.2) is 0 Å². The lowest BCUT2D eigenvalue weighted by Gasteiger charge is -2.58. The fourth-order valence-corrected chi connectivity index (χ4v) is 13.2. The first-order chi connectivity index (χ1) is 20.6. The second-order valence-electron chi connectivity index (χ2n) is 15.7. The number of benzene rings is 2. The van der Waals surface area contributed by atoms with Gasteiger partial charge >= 0.3 is 0 Å². The summed E-state index contributed by atoms with van der Waals surface area (Å²) in [6.07, 6.45) is 16.8. The summed E-state index contributed by atoms with van der Waals surface area (Å²) in [7, 11) is 0. The van der Waals surface area contributed by atoms with Crippen molar-refractivity contribution in [3.63, 3.8) is 0 Å². The molecule has 0 bridgehead atoms. The lowest BCUT2D eigenvalue weighted by atomic mass is 9.52. The number of anilines is 2. The SMILES string of the molecule is CC[C@@]12CCCN3CC[C@]4(c5ccccc5N[C@@H]4CC1)[C@H]32.CC[C@@]12CCCN3CC[C@]4(c5ccccc5N[C@@H]4CC1)[C@H]32. The van der Waals surface area contributed by atoms with Crippen LogP contribution in [0, 0.1) is 10.8 Å². The molecule has 4 nitrogen and oxygen atoms in total. The van der Waals surface area contributed by atoms with Crippen LogP contribution >= 0.6 is 0 Å². The van der Waals surface area contributed by atoms with Crippen molar-refractivity contribution in [1.82, 2.24) is 9.80 Å². The molecule has 0 unspecified atom stereocenters. The average molecular weight is 565 g/mol. The van der Waals surface area contributed by atoms with Crippen molar-refractivity contribution < 1.29 is 0 Å². The van der Waals surface area contributed by atoms with E-state index in [4.69, 9.17) is 0 Å². The molecule has 2 saturated carbocycles. The lowest BCUT2D eigenvalue weighted by Crippen LogP contribution is -2.63. The van der Waals surface area contributed by atoms with Gasteiger partial charge in [0.25, 0.3) is 0 Å². The van der Waals surface area contributed by atoms with Gasteiger partial charge in [-0.2, -0.15) is 0 Å². The molecule has 0 amide bonds. The summed E-state index contributed by atoms with van der Waals surface area (Å²) in [5.74, 6) is 0. The van der Waals surface area contributed by atoms with Crippen LogP contribution in [-0.2, 0) is 10.8 Å². The van der Waals surface area contributed by atoms with Crippen LogP contribution in [-0.4, -0.2) is 60.1 Å². The minimum Gasteiger partial charge on any atom is -0.381 e. The molecule has 2 aromatic rings. The van der Waals surface area contributed by atoms with Crippen molar-refractivity contribution in [2.45, 2.75) is 126 Å². The Hall–Kier alpha value is -2.04. The Morgan fingerprint density at radius 1 is 0.595 bits per heavy atom. The maximum Gasteiger partial charge on any atom is 0.0382 e. The Kier molecular flexibility index (Phi) is 5.80. The number of rotatable bonds is 2. The monoisotopic (exact) mass is 564 g/mol. The Balaban J connectivity index is 0.000000119. The molecule has 2 spiro atoms. The van der Waals surface area contributed by atoms with Crippen LogP contribution in [0.3, 0.4) is 0 Å². The standard InChI is InChI=1S/2C19H26N2/c2*1-2-18-9-5-12-21-13-11-19(17(18)21)14-6-3-4-7-15(14)20-16(19)8-10-18/h2*3-4,6-7,16-17,20H,2,5,8-13H2,1H3/t2*16-,17-,18-,19-/m11/s1. The first-order valence-electron chi connectivity index (χ1n) is 17.8. The van der Waals surface area contributed by atoms with Gasteiger partial charge in [0.15, 0.2) is 0 Å². The Labute approximate surface area is 254 Å². The van der Waals surface area contributed by atoms with Crippen molar-refractivity contribution in [2.75, 3.05) is 36.8 Å². The zero-order valence-corrected chi connectivity index (χ0v) is 26.1. The first kappa shape index (κ1) is 26.4. The zero-order valence-electron chi connectivity index (χ0n) is 26.1. The summed E-state index contributed by atoms with van der Waals surface area (Å²) in [5.41, 5.74) is 8.14. The highest BCUT2D eigenvalue weighted by Gasteiger charge is 2.67. The van der Waals surface area contributed by atoms with E-state index in [1.807, 2.05) is 0 Å². The first-order valence-corrected chi connectivity index (χ1v) is 17.8. The third-order valence-electron chi connectivity index (χ3n) is 14.8. The molecule has 2 aromatic carbocycles. The Bertz CT molecular complexity index is 1270. The number of para-hydroxylation sites is 2. The third kappa shape index (κ3) is 3.17. The predicted octanol–water partition coefficient (Wildman–Crippen LogP) is 7.55. The topological polar surface area (TPSA) is 30.5 Å². The van der Waals surface area contributed by atoms with E-state index in [1.165, 1.54) is 115 Å². The predicted molar refractivity (Wildman–Crippen MR) is 173 cm³/mol. The molecule has 6 fully saturated rings. The minimum absolute atomic E-state index is 0.408. The van der Waals surface area contributed by atoms with Gasteiger partial charge in [-0.15, -0.1) is 0 Å². The number of hydrogen-bond donors (Lipinski definition) is 2. The summed E-state index contributed by atoms with van der Waals surface area (Å²) in [6.45, 7) is 10.2. The Morgan fingerprint density at radius 3 is 1.50 bits per heavy atom. The zero-order chi connectivity index (χ0) is 28.2. The molecule has 2 N–H and O–H groups in total. The maximum atomic E-state index is 3.90. The van der Waals surface area contributed by atoms with Crippen molar-refractivity contribution in [2.24, 2.45) is 10.8 Å². The maximum absolute atomic E-state index is 3.90. The largest absolute Gasteiger partial charge is 0.381 e. The fraction of sp³-hybridized carbons (Fsp3) is 0.684. The van der Waals surface area contributed by atoms with Crippen LogP contribution in [0.5, 0.6) is 0 Å². The van der Waals surface area contributed by atoms with Gasteiger partial charge in [0.1, 0.15) is 0 Å². The lowest BCUT2D eigenvalue weighted by molar-refractivity contribution is -0.0309. The quantitative estimate of drug-likeness (QED) is 0.394. The molecular formula is C38H52N4. The number of piperidine rings is 2. The van der Waals surface area contributed by atoms with Crippen LogP contribution in [0.2, 0.25) is 0 Å². The molecular weight excluding hydrogens is 512 g/mol. The summed E-state index contributed by atoms with van der Waals surface area (Å²) in [4.78, 5) is 5.73. The van der Waals surface area contributed by atoms with Gasteiger partial charge < -0.3 is 10.6 Å². The highest BCUT2D eigenvalue weighted by molar-refractivity contribution is 5.65. The van der Waals surface area contributed by atoms with E-state index in [-0.39, 0.29) is 0 Å². The molecule has 0 radical (unpaired) electrons. The van der Waals surface area contributed by atoms with Crippen LogP contribution in [0.25, 0.3) is 0 Å². The minimum atomic E-state index is 0.408. The van der Waals surface area contributed by atoms with Gasteiger partial charge in [-0.3, -0.25) is 9.80 Å². The highest BCUT2D eigenvalue weighted by atomic mass is 15.3. The van der Waals surface area contributed by atoms with E-state index in [0.717, 1.165) is 12.1 Å². The summed E-state index contributed by atoms with van der Waals surface area (Å²) in [5, 5.41) is 7.81. The molecule has 0 aromatic heterocycles. The molecule has 8 atom stereocenters. The van der Waals surface area contributed by atoms with Crippen LogP contribution < -0.4 is 10.6 Å². The number of fused-ring (bicyclic) bond motifs is 2. The summed E-state index contributed by atoms with van der Waals surface area (Å²) in [6, 6.07) is 21.3. The van der Waals surface area contributed by atoms with Crippen LogP contribution in [0.15, 0.2) is 48.5 Å².